The average molecular weight is 286 g/mol. The quantitative estimate of drug-likeness (QED) is 0.606. The molecule has 0 aliphatic rings. The molecule has 4 unspecified atom stereocenters. The summed E-state index contributed by atoms with van der Waals surface area (Å²) in [4.78, 5) is 23.3. The Morgan fingerprint density at radius 2 is 1.05 bits per heavy atom. The van der Waals surface area contributed by atoms with Crippen LogP contribution in [0.1, 0.15) is 67.2 Å². The highest BCUT2D eigenvalue weighted by Crippen LogP contribution is 2.13. The molecular weight excluding hydrogens is 256 g/mol. The highest BCUT2D eigenvalue weighted by atomic mass is 16.6. The summed E-state index contributed by atoms with van der Waals surface area (Å²) >= 11 is 0. The number of carbonyl (C=O) groups excluding carboxylic acids is 2. The van der Waals surface area contributed by atoms with Gasteiger partial charge in [-0.1, -0.05) is 40.5 Å². The minimum Gasteiger partial charge on any atom is -0.459 e. The minimum absolute atomic E-state index is 0.225. The van der Waals surface area contributed by atoms with Crippen molar-refractivity contribution >= 4 is 11.9 Å². The van der Waals surface area contributed by atoms with E-state index in [0.717, 1.165) is 12.8 Å². The summed E-state index contributed by atoms with van der Waals surface area (Å²) in [6.45, 7) is 11.6. The molecule has 118 valence electrons. The fourth-order valence-electron chi connectivity index (χ4n) is 1.56. The summed E-state index contributed by atoms with van der Waals surface area (Å²) in [6, 6.07) is 0. The zero-order chi connectivity index (χ0) is 15.7. The van der Waals surface area contributed by atoms with Gasteiger partial charge in [-0.05, 0) is 25.7 Å². The lowest BCUT2D eigenvalue weighted by Gasteiger charge is -2.22. The van der Waals surface area contributed by atoms with E-state index < -0.39 is 12.2 Å². The third-order valence-electron chi connectivity index (χ3n) is 3.72. The Labute approximate surface area is 123 Å². The van der Waals surface area contributed by atoms with Crippen LogP contribution in [0, 0.1) is 11.8 Å². The van der Waals surface area contributed by atoms with Gasteiger partial charge >= 0.3 is 11.9 Å². The van der Waals surface area contributed by atoms with E-state index in [-0.39, 0.29) is 11.9 Å². The first-order valence-electron chi connectivity index (χ1n) is 7.68. The molecule has 0 bridgehead atoms. The standard InChI is InChI=1S/C16H30O4/c1-7-11(3)9-15(17)19-13(5)14(6)20-16(18)10-12(4)8-2/h11-14H,7-10H2,1-6H3. The summed E-state index contributed by atoms with van der Waals surface area (Å²) in [5, 5.41) is 0. The van der Waals surface area contributed by atoms with Gasteiger partial charge in [0.25, 0.3) is 0 Å². The average Bonchev–Trinajstić information content (AvgIpc) is 2.37. The molecular formula is C16H30O4. The van der Waals surface area contributed by atoms with Crippen molar-refractivity contribution in [2.24, 2.45) is 11.8 Å². The molecule has 20 heavy (non-hydrogen) atoms. The molecule has 0 rings (SSSR count). The van der Waals surface area contributed by atoms with Crippen LogP contribution < -0.4 is 0 Å². The lowest BCUT2D eigenvalue weighted by molar-refractivity contribution is -0.166. The summed E-state index contributed by atoms with van der Waals surface area (Å²) < 4.78 is 10.6. The second-order valence-electron chi connectivity index (χ2n) is 5.83. The Bertz CT molecular complexity index is 271. The van der Waals surface area contributed by atoms with E-state index >= 15 is 0 Å². The molecule has 4 nitrogen and oxygen atoms in total. The number of hydrogen-bond donors (Lipinski definition) is 0. The molecule has 0 saturated heterocycles. The predicted molar refractivity (Wildman–Crippen MR) is 79.3 cm³/mol. The summed E-state index contributed by atoms with van der Waals surface area (Å²) in [7, 11) is 0. The molecule has 0 saturated carbocycles. The third-order valence-corrected chi connectivity index (χ3v) is 3.72. The van der Waals surface area contributed by atoms with Gasteiger partial charge in [-0.15, -0.1) is 0 Å². The van der Waals surface area contributed by atoms with Crippen molar-refractivity contribution < 1.29 is 19.1 Å². The van der Waals surface area contributed by atoms with Crippen LogP contribution in [0.25, 0.3) is 0 Å². The van der Waals surface area contributed by atoms with E-state index in [1.807, 2.05) is 27.7 Å². The van der Waals surface area contributed by atoms with Crippen molar-refractivity contribution in [1.82, 2.24) is 0 Å². The molecule has 0 aliphatic carbocycles. The smallest absolute Gasteiger partial charge is 0.306 e. The Kier molecular flexibility index (Phi) is 9.26. The van der Waals surface area contributed by atoms with Crippen LogP contribution in [0.5, 0.6) is 0 Å². The first-order chi connectivity index (χ1) is 9.29. The maximum atomic E-state index is 11.7. The highest BCUT2D eigenvalue weighted by molar-refractivity contribution is 5.70. The van der Waals surface area contributed by atoms with Crippen LogP contribution in [0.3, 0.4) is 0 Å². The molecule has 4 heteroatoms. The molecule has 0 spiro atoms. The van der Waals surface area contributed by atoms with Gasteiger partial charge in [0.15, 0.2) is 0 Å². The fourth-order valence-corrected chi connectivity index (χ4v) is 1.56. The SMILES string of the molecule is CCC(C)CC(=O)OC(C)C(C)OC(=O)CC(C)CC. The van der Waals surface area contributed by atoms with E-state index in [2.05, 4.69) is 0 Å². The van der Waals surface area contributed by atoms with E-state index in [1.54, 1.807) is 13.8 Å². The number of rotatable bonds is 9. The van der Waals surface area contributed by atoms with Crippen LogP contribution in [0.4, 0.5) is 0 Å². The largest absolute Gasteiger partial charge is 0.459 e. The molecule has 0 aromatic rings. The summed E-state index contributed by atoms with van der Waals surface area (Å²) in [5.41, 5.74) is 0. The van der Waals surface area contributed by atoms with Gasteiger partial charge in [-0.2, -0.15) is 0 Å². The van der Waals surface area contributed by atoms with Crippen molar-refractivity contribution in [3.63, 3.8) is 0 Å². The molecule has 0 aromatic carbocycles. The minimum atomic E-state index is -0.410. The lowest BCUT2D eigenvalue weighted by atomic mass is 10.1. The predicted octanol–water partition coefficient (Wildman–Crippen LogP) is 3.72. The Hall–Kier alpha value is -1.06. The number of ether oxygens (including phenoxy) is 2. The van der Waals surface area contributed by atoms with Crippen molar-refractivity contribution in [2.45, 2.75) is 79.4 Å². The van der Waals surface area contributed by atoms with Crippen molar-refractivity contribution in [1.29, 1.82) is 0 Å². The first-order valence-corrected chi connectivity index (χ1v) is 7.68. The Morgan fingerprint density at radius 3 is 1.30 bits per heavy atom. The zero-order valence-corrected chi connectivity index (χ0v) is 13.8. The maximum Gasteiger partial charge on any atom is 0.306 e. The molecule has 0 aliphatic heterocycles. The summed E-state index contributed by atoms with van der Waals surface area (Å²) in [5.74, 6) is 0.185. The zero-order valence-electron chi connectivity index (χ0n) is 13.8. The molecule has 0 aromatic heterocycles. The number of hydrogen-bond acceptors (Lipinski definition) is 4. The molecule has 4 atom stereocenters. The van der Waals surface area contributed by atoms with Crippen molar-refractivity contribution in [3.8, 4) is 0 Å². The normalized spacial score (nSPS) is 16.9. The molecule has 0 amide bonds. The topological polar surface area (TPSA) is 52.6 Å². The maximum absolute atomic E-state index is 11.7. The molecule has 0 heterocycles. The van der Waals surface area contributed by atoms with Crippen LogP contribution >= 0.6 is 0 Å². The summed E-state index contributed by atoms with van der Waals surface area (Å²) in [6.07, 6.45) is 1.90. The number of carbonyl (C=O) groups is 2. The van der Waals surface area contributed by atoms with E-state index in [4.69, 9.17) is 9.47 Å². The van der Waals surface area contributed by atoms with Gasteiger partial charge in [0.2, 0.25) is 0 Å². The monoisotopic (exact) mass is 286 g/mol. The van der Waals surface area contributed by atoms with Crippen molar-refractivity contribution in [2.75, 3.05) is 0 Å². The molecule has 0 N–H and O–H groups in total. The van der Waals surface area contributed by atoms with Gasteiger partial charge in [0.05, 0.1) is 0 Å². The van der Waals surface area contributed by atoms with E-state index in [0.29, 0.717) is 24.7 Å². The second-order valence-corrected chi connectivity index (χ2v) is 5.83. The van der Waals surface area contributed by atoms with Gasteiger partial charge in [-0.3, -0.25) is 9.59 Å². The van der Waals surface area contributed by atoms with Crippen LogP contribution in [0.15, 0.2) is 0 Å². The lowest BCUT2D eigenvalue weighted by Crippen LogP contribution is -2.31. The van der Waals surface area contributed by atoms with Crippen LogP contribution in [-0.4, -0.2) is 24.1 Å². The van der Waals surface area contributed by atoms with Gasteiger partial charge < -0.3 is 9.47 Å². The molecule has 0 radical (unpaired) electrons. The third kappa shape index (κ3) is 8.18. The van der Waals surface area contributed by atoms with E-state index in [9.17, 15) is 9.59 Å². The number of esters is 2. The van der Waals surface area contributed by atoms with Crippen molar-refractivity contribution in [3.05, 3.63) is 0 Å². The van der Waals surface area contributed by atoms with Gasteiger partial charge in [-0.25, -0.2) is 0 Å². The highest BCUT2D eigenvalue weighted by Gasteiger charge is 2.21. The van der Waals surface area contributed by atoms with Crippen LogP contribution in [0.2, 0.25) is 0 Å². The molecule has 0 fully saturated rings. The van der Waals surface area contributed by atoms with E-state index in [1.165, 1.54) is 0 Å². The second kappa shape index (κ2) is 9.78. The first kappa shape index (κ1) is 18.9. The Balaban J connectivity index is 4.11. The van der Waals surface area contributed by atoms with Gasteiger partial charge in [0.1, 0.15) is 12.2 Å². The Morgan fingerprint density at radius 1 is 0.750 bits per heavy atom. The van der Waals surface area contributed by atoms with Crippen LogP contribution in [-0.2, 0) is 19.1 Å². The van der Waals surface area contributed by atoms with Gasteiger partial charge in [0, 0.05) is 12.8 Å². The fraction of sp³-hybridized carbons (Fsp3) is 0.875.